The molecule has 0 aliphatic rings. The van der Waals surface area contributed by atoms with Gasteiger partial charge in [-0.05, 0) is 6.92 Å². The Morgan fingerprint density at radius 2 is 2.25 bits per heavy atom. The molecule has 1 N–H and O–H groups in total. The highest BCUT2D eigenvalue weighted by atomic mass is 35.5. The fraction of sp³-hybridized carbons (Fsp3) is 1.00. The van der Waals surface area contributed by atoms with Gasteiger partial charge in [0.15, 0.2) is 0 Å². The van der Waals surface area contributed by atoms with Crippen LogP contribution in [0.3, 0.4) is 0 Å². The van der Waals surface area contributed by atoms with E-state index in [1.54, 1.807) is 0 Å². The van der Waals surface area contributed by atoms with Gasteiger partial charge in [-0.3, -0.25) is 0 Å². The SMILES string of the molecule is CC(Cl)CNCCCl. The van der Waals surface area contributed by atoms with E-state index in [9.17, 15) is 0 Å². The predicted molar refractivity (Wildman–Crippen MR) is 38.9 cm³/mol. The van der Waals surface area contributed by atoms with Crippen molar-refractivity contribution in [3.8, 4) is 0 Å². The topological polar surface area (TPSA) is 12.0 Å². The normalized spacial score (nSPS) is 13.9. The van der Waals surface area contributed by atoms with E-state index >= 15 is 0 Å². The molecule has 0 aromatic heterocycles. The fourth-order valence-electron chi connectivity index (χ4n) is 0.368. The van der Waals surface area contributed by atoms with Crippen LogP contribution in [0.5, 0.6) is 0 Å². The van der Waals surface area contributed by atoms with Crippen molar-refractivity contribution in [3.63, 3.8) is 0 Å². The molecular formula is C5H11Cl2N. The van der Waals surface area contributed by atoms with Gasteiger partial charge >= 0.3 is 0 Å². The summed E-state index contributed by atoms with van der Waals surface area (Å²) in [5.74, 6) is 0.656. The molecule has 0 bridgehead atoms. The molecule has 8 heavy (non-hydrogen) atoms. The Labute approximate surface area is 60.4 Å². The molecule has 0 aliphatic carbocycles. The van der Waals surface area contributed by atoms with Gasteiger partial charge in [0.25, 0.3) is 0 Å². The Bertz CT molecular complexity index is 47.7. The smallest absolute Gasteiger partial charge is 0.0432 e. The van der Waals surface area contributed by atoms with Crippen molar-refractivity contribution in [1.82, 2.24) is 5.32 Å². The Balaban J connectivity index is 2.72. The van der Waals surface area contributed by atoms with E-state index in [0.717, 1.165) is 13.1 Å². The van der Waals surface area contributed by atoms with E-state index in [1.807, 2.05) is 6.92 Å². The van der Waals surface area contributed by atoms with Crippen molar-refractivity contribution in [3.05, 3.63) is 0 Å². The molecule has 0 aromatic carbocycles. The summed E-state index contributed by atoms with van der Waals surface area (Å²) in [5, 5.41) is 3.28. The van der Waals surface area contributed by atoms with Crippen LogP contribution in [0.1, 0.15) is 6.92 Å². The number of hydrogen-bond donors (Lipinski definition) is 1. The highest BCUT2D eigenvalue weighted by Crippen LogP contribution is 1.88. The molecule has 1 unspecified atom stereocenters. The number of nitrogens with one attached hydrogen (secondary N) is 1. The third-order valence-corrected chi connectivity index (χ3v) is 1.04. The first kappa shape index (κ1) is 8.54. The van der Waals surface area contributed by atoms with E-state index in [1.165, 1.54) is 0 Å². The van der Waals surface area contributed by atoms with Crippen LogP contribution in [-0.4, -0.2) is 24.3 Å². The van der Waals surface area contributed by atoms with Gasteiger partial charge < -0.3 is 5.32 Å². The highest BCUT2D eigenvalue weighted by molar-refractivity contribution is 6.20. The molecule has 3 heteroatoms. The molecule has 0 amide bonds. The van der Waals surface area contributed by atoms with Crippen molar-refractivity contribution in [2.45, 2.75) is 12.3 Å². The largest absolute Gasteiger partial charge is 0.314 e. The molecule has 1 atom stereocenters. The summed E-state index contributed by atoms with van der Waals surface area (Å²) < 4.78 is 0. The lowest BCUT2D eigenvalue weighted by Gasteiger charge is -2.01. The van der Waals surface area contributed by atoms with Crippen LogP contribution >= 0.6 is 23.2 Å². The summed E-state index contributed by atoms with van der Waals surface area (Å²) >= 11 is 11.0. The van der Waals surface area contributed by atoms with Crippen LogP contribution in [0.2, 0.25) is 0 Å². The lowest BCUT2D eigenvalue weighted by Crippen LogP contribution is -2.23. The van der Waals surface area contributed by atoms with Crippen LogP contribution in [0.15, 0.2) is 0 Å². The zero-order chi connectivity index (χ0) is 6.41. The van der Waals surface area contributed by atoms with Gasteiger partial charge in [-0.2, -0.15) is 0 Å². The van der Waals surface area contributed by atoms with E-state index in [2.05, 4.69) is 5.32 Å². The standard InChI is InChI=1S/C5H11Cl2N/c1-5(7)4-8-3-2-6/h5,8H,2-4H2,1H3. The van der Waals surface area contributed by atoms with Crippen LogP contribution in [-0.2, 0) is 0 Å². The van der Waals surface area contributed by atoms with Gasteiger partial charge in [-0.1, -0.05) is 0 Å². The Morgan fingerprint density at radius 1 is 1.62 bits per heavy atom. The highest BCUT2D eigenvalue weighted by Gasteiger charge is 1.91. The zero-order valence-corrected chi connectivity index (χ0v) is 6.47. The van der Waals surface area contributed by atoms with Gasteiger partial charge in [-0.15, -0.1) is 23.2 Å². The zero-order valence-electron chi connectivity index (χ0n) is 4.95. The first-order valence-corrected chi connectivity index (χ1v) is 3.65. The molecule has 0 aliphatic heterocycles. The first-order chi connectivity index (χ1) is 3.77. The van der Waals surface area contributed by atoms with Gasteiger partial charge in [0.2, 0.25) is 0 Å². The second-order valence-electron chi connectivity index (χ2n) is 1.67. The molecule has 50 valence electrons. The van der Waals surface area contributed by atoms with E-state index in [4.69, 9.17) is 23.2 Å². The van der Waals surface area contributed by atoms with E-state index < -0.39 is 0 Å². The van der Waals surface area contributed by atoms with Crippen molar-refractivity contribution in [2.24, 2.45) is 0 Å². The number of halogens is 2. The number of rotatable bonds is 4. The summed E-state index contributed by atoms with van der Waals surface area (Å²) in [6.45, 7) is 3.63. The van der Waals surface area contributed by atoms with Gasteiger partial charge in [0, 0.05) is 24.3 Å². The summed E-state index contributed by atoms with van der Waals surface area (Å²) in [5.41, 5.74) is 0. The minimum absolute atomic E-state index is 0.207. The first-order valence-electron chi connectivity index (χ1n) is 2.68. The second kappa shape index (κ2) is 5.67. The maximum Gasteiger partial charge on any atom is 0.0432 e. The summed E-state index contributed by atoms with van der Waals surface area (Å²) in [6, 6.07) is 0. The minimum Gasteiger partial charge on any atom is -0.314 e. The molecule has 0 spiro atoms. The predicted octanol–water partition coefficient (Wildman–Crippen LogP) is 1.44. The van der Waals surface area contributed by atoms with Crippen LogP contribution in [0.4, 0.5) is 0 Å². The Morgan fingerprint density at radius 3 is 2.62 bits per heavy atom. The lowest BCUT2D eigenvalue weighted by atomic mass is 10.5. The molecule has 1 nitrogen and oxygen atoms in total. The molecule has 0 rings (SSSR count). The van der Waals surface area contributed by atoms with Crippen LogP contribution in [0, 0.1) is 0 Å². The second-order valence-corrected chi connectivity index (χ2v) is 2.80. The third kappa shape index (κ3) is 6.54. The average molecular weight is 156 g/mol. The Kier molecular flexibility index (Phi) is 6.06. The number of hydrogen-bond acceptors (Lipinski definition) is 1. The van der Waals surface area contributed by atoms with Crippen molar-refractivity contribution in [1.29, 1.82) is 0 Å². The lowest BCUT2D eigenvalue weighted by molar-refractivity contribution is 0.711. The minimum atomic E-state index is 0.207. The van der Waals surface area contributed by atoms with Crippen molar-refractivity contribution < 1.29 is 0 Å². The van der Waals surface area contributed by atoms with Crippen molar-refractivity contribution >= 4 is 23.2 Å². The molecule has 0 aromatic rings. The molecule has 0 saturated heterocycles. The summed E-state index contributed by atoms with van der Waals surface area (Å²) in [6.07, 6.45) is 0. The maximum absolute atomic E-state index is 5.61. The molecular weight excluding hydrogens is 145 g/mol. The van der Waals surface area contributed by atoms with Gasteiger partial charge in [0.05, 0.1) is 0 Å². The van der Waals surface area contributed by atoms with Crippen LogP contribution < -0.4 is 5.32 Å². The van der Waals surface area contributed by atoms with Crippen molar-refractivity contribution in [2.75, 3.05) is 19.0 Å². The summed E-state index contributed by atoms with van der Waals surface area (Å²) in [7, 11) is 0. The molecule has 0 radical (unpaired) electrons. The molecule has 0 fully saturated rings. The van der Waals surface area contributed by atoms with E-state index in [-0.39, 0.29) is 5.38 Å². The fourth-order valence-corrected chi connectivity index (χ4v) is 0.611. The van der Waals surface area contributed by atoms with Crippen LogP contribution in [0.25, 0.3) is 0 Å². The molecule has 0 heterocycles. The quantitative estimate of drug-likeness (QED) is 0.479. The van der Waals surface area contributed by atoms with Gasteiger partial charge in [-0.25, -0.2) is 0 Å². The number of alkyl halides is 2. The third-order valence-electron chi connectivity index (χ3n) is 0.697. The monoisotopic (exact) mass is 155 g/mol. The average Bonchev–Trinajstić information content (AvgIpc) is 1.66. The van der Waals surface area contributed by atoms with Gasteiger partial charge in [0.1, 0.15) is 0 Å². The Hall–Kier alpha value is 0.540. The maximum atomic E-state index is 5.61. The summed E-state index contributed by atoms with van der Waals surface area (Å²) in [4.78, 5) is 0. The molecule has 0 saturated carbocycles. The van der Waals surface area contributed by atoms with E-state index in [0.29, 0.717) is 5.88 Å².